The average Bonchev–Trinajstić information content (AvgIpc) is 2.43. The third-order valence-electron chi connectivity index (χ3n) is 2.82. The SMILES string of the molecule is CC1C[C@H]2C[C@H]2[C@@H](O)C1. The molecule has 0 aromatic heterocycles. The highest BCUT2D eigenvalue weighted by atomic mass is 16.3. The van der Waals surface area contributed by atoms with Crippen LogP contribution in [0, 0.1) is 17.8 Å². The molecular weight excluding hydrogens is 112 g/mol. The van der Waals surface area contributed by atoms with Crippen molar-refractivity contribution in [3.8, 4) is 0 Å². The summed E-state index contributed by atoms with van der Waals surface area (Å²) in [4.78, 5) is 0. The van der Waals surface area contributed by atoms with Crippen molar-refractivity contribution in [2.75, 3.05) is 0 Å². The van der Waals surface area contributed by atoms with Gasteiger partial charge in [0.1, 0.15) is 0 Å². The molecule has 0 aromatic carbocycles. The van der Waals surface area contributed by atoms with Crippen molar-refractivity contribution in [3.05, 3.63) is 0 Å². The smallest absolute Gasteiger partial charge is 0.0573 e. The second-order valence-corrected chi connectivity index (χ2v) is 3.80. The molecule has 0 heterocycles. The minimum Gasteiger partial charge on any atom is -0.393 e. The summed E-state index contributed by atoms with van der Waals surface area (Å²) in [7, 11) is 0. The van der Waals surface area contributed by atoms with Crippen LogP contribution in [0.3, 0.4) is 0 Å². The van der Waals surface area contributed by atoms with Crippen LogP contribution in [0.4, 0.5) is 0 Å². The van der Waals surface area contributed by atoms with E-state index < -0.39 is 0 Å². The van der Waals surface area contributed by atoms with Crippen LogP contribution in [-0.2, 0) is 0 Å². The van der Waals surface area contributed by atoms with Gasteiger partial charge in [-0.1, -0.05) is 6.92 Å². The van der Waals surface area contributed by atoms with Gasteiger partial charge < -0.3 is 5.11 Å². The van der Waals surface area contributed by atoms with E-state index in [0.717, 1.165) is 18.3 Å². The summed E-state index contributed by atoms with van der Waals surface area (Å²) in [6.07, 6.45) is 3.80. The normalized spacial score (nSPS) is 56.7. The highest BCUT2D eigenvalue weighted by molar-refractivity contribution is 4.96. The zero-order chi connectivity index (χ0) is 6.43. The van der Waals surface area contributed by atoms with E-state index in [1.54, 1.807) is 0 Å². The van der Waals surface area contributed by atoms with E-state index in [4.69, 9.17) is 0 Å². The second-order valence-electron chi connectivity index (χ2n) is 3.80. The number of rotatable bonds is 0. The minimum absolute atomic E-state index is 0.0544. The largest absolute Gasteiger partial charge is 0.393 e. The van der Waals surface area contributed by atoms with Crippen LogP contribution >= 0.6 is 0 Å². The topological polar surface area (TPSA) is 20.2 Å². The Hall–Kier alpha value is -0.0400. The summed E-state index contributed by atoms with van der Waals surface area (Å²) >= 11 is 0. The van der Waals surface area contributed by atoms with Crippen LogP contribution in [0.1, 0.15) is 26.2 Å². The molecule has 0 spiro atoms. The molecule has 2 rings (SSSR count). The third-order valence-corrected chi connectivity index (χ3v) is 2.82. The van der Waals surface area contributed by atoms with Gasteiger partial charge in [-0.2, -0.15) is 0 Å². The van der Waals surface area contributed by atoms with Crippen LogP contribution in [0.15, 0.2) is 0 Å². The fourth-order valence-electron chi connectivity index (χ4n) is 2.21. The lowest BCUT2D eigenvalue weighted by molar-refractivity contribution is 0.0934. The van der Waals surface area contributed by atoms with Gasteiger partial charge in [0.05, 0.1) is 6.10 Å². The second kappa shape index (κ2) is 1.72. The summed E-state index contributed by atoms with van der Waals surface area (Å²) in [5, 5.41) is 9.39. The molecule has 9 heavy (non-hydrogen) atoms. The molecule has 0 radical (unpaired) electrons. The molecule has 4 atom stereocenters. The molecule has 0 saturated heterocycles. The molecule has 0 aliphatic heterocycles. The highest BCUT2D eigenvalue weighted by Gasteiger charge is 2.46. The van der Waals surface area contributed by atoms with Gasteiger partial charge in [-0.3, -0.25) is 0 Å². The van der Waals surface area contributed by atoms with Crippen LogP contribution < -0.4 is 0 Å². The van der Waals surface area contributed by atoms with Gasteiger partial charge in [-0.25, -0.2) is 0 Å². The zero-order valence-corrected chi connectivity index (χ0v) is 5.88. The first kappa shape index (κ1) is 5.72. The van der Waals surface area contributed by atoms with Gasteiger partial charge in [0.15, 0.2) is 0 Å². The molecule has 1 unspecified atom stereocenters. The first-order valence-corrected chi connectivity index (χ1v) is 3.95. The Kier molecular flexibility index (Phi) is 1.10. The van der Waals surface area contributed by atoms with E-state index in [9.17, 15) is 5.11 Å². The first-order valence-electron chi connectivity index (χ1n) is 3.95. The molecule has 0 aromatic rings. The van der Waals surface area contributed by atoms with Crippen molar-refractivity contribution < 1.29 is 5.11 Å². The van der Waals surface area contributed by atoms with Crippen LogP contribution in [0.5, 0.6) is 0 Å². The lowest BCUT2D eigenvalue weighted by Crippen LogP contribution is -2.20. The fourth-order valence-corrected chi connectivity index (χ4v) is 2.21. The van der Waals surface area contributed by atoms with Gasteiger partial charge in [0.25, 0.3) is 0 Å². The molecular formula is C8H14O. The van der Waals surface area contributed by atoms with Crippen molar-refractivity contribution in [2.45, 2.75) is 32.3 Å². The Labute approximate surface area is 56.1 Å². The van der Waals surface area contributed by atoms with E-state index in [0.29, 0.717) is 5.92 Å². The molecule has 2 aliphatic rings. The van der Waals surface area contributed by atoms with Crippen molar-refractivity contribution in [3.63, 3.8) is 0 Å². The highest BCUT2D eigenvalue weighted by Crippen LogP contribution is 2.51. The lowest BCUT2D eigenvalue weighted by atomic mass is 9.89. The molecule has 2 fully saturated rings. The van der Waals surface area contributed by atoms with E-state index in [1.807, 2.05) is 0 Å². The lowest BCUT2D eigenvalue weighted by Gasteiger charge is -2.21. The summed E-state index contributed by atoms with van der Waals surface area (Å²) in [5.41, 5.74) is 0. The Morgan fingerprint density at radius 1 is 1.22 bits per heavy atom. The van der Waals surface area contributed by atoms with E-state index in [1.165, 1.54) is 12.8 Å². The van der Waals surface area contributed by atoms with Crippen molar-refractivity contribution in [1.82, 2.24) is 0 Å². The summed E-state index contributed by atoms with van der Waals surface area (Å²) in [5.74, 6) is 2.40. The summed E-state index contributed by atoms with van der Waals surface area (Å²) in [6.45, 7) is 2.25. The predicted octanol–water partition coefficient (Wildman–Crippen LogP) is 1.41. The van der Waals surface area contributed by atoms with Crippen molar-refractivity contribution in [1.29, 1.82) is 0 Å². The maximum atomic E-state index is 9.39. The van der Waals surface area contributed by atoms with Gasteiger partial charge in [0.2, 0.25) is 0 Å². The van der Waals surface area contributed by atoms with Crippen LogP contribution in [0.25, 0.3) is 0 Å². The molecule has 0 amide bonds. The van der Waals surface area contributed by atoms with E-state index in [2.05, 4.69) is 6.92 Å². The Morgan fingerprint density at radius 2 is 2.00 bits per heavy atom. The fraction of sp³-hybridized carbons (Fsp3) is 1.00. The Balaban J connectivity index is 1.99. The Morgan fingerprint density at radius 3 is 2.67 bits per heavy atom. The number of hydrogen-bond donors (Lipinski definition) is 1. The maximum Gasteiger partial charge on any atom is 0.0573 e. The van der Waals surface area contributed by atoms with Gasteiger partial charge in [-0.05, 0) is 37.0 Å². The molecule has 2 saturated carbocycles. The molecule has 1 heteroatoms. The third kappa shape index (κ3) is 0.877. The minimum atomic E-state index is 0.0544. The van der Waals surface area contributed by atoms with E-state index >= 15 is 0 Å². The number of aliphatic hydroxyl groups is 1. The summed E-state index contributed by atoms with van der Waals surface area (Å²) < 4.78 is 0. The average molecular weight is 126 g/mol. The predicted molar refractivity (Wildman–Crippen MR) is 36.0 cm³/mol. The standard InChI is InChI=1S/C8H14O/c1-5-2-6-4-7(6)8(9)3-5/h5-9H,2-4H2,1H3/t5?,6-,7+,8-/m0/s1. The number of fused-ring (bicyclic) bond motifs is 1. The number of aliphatic hydroxyl groups excluding tert-OH is 1. The Bertz CT molecular complexity index is 122. The maximum absolute atomic E-state index is 9.39. The van der Waals surface area contributed by atoms with Crippen molar-refractivity contribution in [2.24, 2.45) is 17.8 Å². The van der Waals surface area contributed by atoms with Crippen LogP contribution in [0.2, 0.25) is 0 Å². The van der Waals surface area contributed by atoms with Gasteiger partial charge in [-0.15, -0.1) is 0 Å². The first-order chi connectivity index (χ1) is 4.27. The van der Waals surface area contributed by atoms with Gasteiger partial charge in [0, 0.05) is 0 Å². The van der Waals surface area contributed by atoms with Crippen molar-refractivity contribution >= 4 is 0 Å². The summed E-state index contributed by atoms with van der Waals surface area (Å²) in [6, 6.07) is 0. The quantitative estimate of drug-likeness (QED) is 0.520. The molecule has 1 nitrogen and oxygen atoms in total. The molecule has 0 bridgehead atoms. The van der Waals surface area contributed by atoms with Gasteiger partial charge >= 0.3 is 0 Å². The van der Waals surface area contributed by atoms with Crippen LogP contribution in [-0.4, -0.2) is 11.2 Å². The molecule has 1 N–H and O–H groups in total. The van der Waals surface area contributed by atoms with E-state index in [-0.39, 0.29) is 6.10 Å². The number of hydrogen-bond acceptors (Lipinski definition) is 1. The molecule has 2 aliphatic carbocycles. The monoisotopic (exact) mass is 126 g/mol. The molecule has 52 valence electrons. The zero-order valence-electron chi connectivity index (χ0n) is 5.88.